The molecule has 0 atom stereocenters. The molecule has 10 heteroatoms. The maximum atomic E-state index is 11.0. The lowest BCUT2D eigenvalue weighted by Gasteiger charge is -2.43. The van der Waals surface area contributed by atoms with Crippen molar-refractivity contribution in [1.82, 2.24) is 0 Å². The van der Waals surface area contributed by atoms with E-state index in [4.69, 9.17) is 25.7 Å². The maximum absolute atomic E-state index is 11.0. The third kappa shape index (κ3) is 14.4. The lowest BCUT2D eigenvalue weighted by Crippen LogP contribution is -2.67. The van der Waals surface area contributed by atoms with E-state index in [1.54, 1.807) is 24.3 Å². The van der Waals surface area contributed by atoms with Crippen LogP contribution in [0.5, 0.6) is 0 Å². The summed E-state index contributed by atoms with van der Waals surface area (Å²) in [5.41, 5.74) is 3.34. The monoisotopic (exact) mass is 944 g/mol. The Kier molecular flexibility index (Phi) is 22.5. The molecule has 66 heavy (non-hydrogen) atoms. The first-order valence-electron chi connectivity index (χ1n) is 22.6. The minimum Gasteiger partial charge on any atom is -0.406 e. The molecule has 0 aromatic heterocycles. The van der Waals surface area contributed by atoms with Gasteiger partial charge in [-0.2, -0.15) is 11.1 Å². The Bertz CT molecular complexity index is 2170. The highest BCUT2D eigenvalue weighted by atomic mass is 35.6. The van der Waals surface area contributed by atoms with E-state index in [9.17, 15) is 9.59 Å². The third-order valence-corrected chi connectivity index (χ3v) is 23.9. The molecule has 0 aliphatic rings. The number of carbonyl (C=O) groups excluding carboxylic acids is 2. The molecule has 0 saturated heterocycles. The van der Waals surface area contributed by atoms with Gasteiger partial charge in [-0.1, -0.05) is 177 Å². The van der Waals surface area contributed by atoms with Gasteiger partial charge >= 0.3 is 0 Å². The second-order valence-electron chi connectivity index (χ2n) is 18.0. The molecular weight excluding hydrogens is 872 g/mol. The molecule has 0 spiro atoms. The molecule has 0 unspecified atom stereocenters. The fourth-order valence-corrected chi connectivity index (χ4v) is 16.9. The van der Waals surface area contributed by atoms with Crippen molar-refractivity contribution in [2.75, 3.05) is 55.8 Å². The zero-order valence-corrected chi connectivity index (χ0v) is 42.1. The predicted molar refractivity (Wildman–Crippen MR) is 286 cm³/mol. The lowest BCUT2D eigenvalue weighted by molar-refractivity contribution is 0.111. The van der Waals surface area contributed by atoms with Crippen molar-refractivity contribution in [2.45, 2.75) is 72.4 Å². The summed E-state index contributed by atoms with van der Waals surface area (Å²) in [5, 5.41) is 22.9. The summed E-state index contributed by atoms with van der Waals surface area (Å²) in [4.78, 5) is 25.7. The van der Waals surface area contributed by atoms with Crippen molar-refractivity contribution in [3.05, 3.63) is 181 Å². The highest BCUT2D eigenvalue weighted by Gasteiger charge is 2.50. The molecule has 0 saturated carbocycles. The van der Waals surface area contributed by atoms with Crippen LogP contribution in [0.3, 0.4) is 0 Å². The predicted octanol–water partition coefficient (Wildman–Crippen LogP) is 10.0. The standard InChI is InChI=1S/C28H35NO2Si.C16H19ClSi.C11H15NO3.CH4/c1-5-20-29(25-18-16-24(23-30)17-19-25)21-22-31-32(28(2,3)4,26-12-8-6-9-13-26)27-14-10-7-11-15-27;1-16(2,3)18(17,14-10-6-4-7-11-14)15-12-8-5-9-13-15;13-7-5-12(6-8-14)11-3-1-10(9-15)2-4-11;/h6-19,23H,5,20-22H2,1-4H3;4-13H,1-3H3;1-4,9,13-14H,5-8H2;1H4. The molecule has 0 amide bonds. The van der Waals surface area contributed by atoms with E-state index in [2.05, 4.69) is 163 Å². The van der Waals surface area contributed by atoms with Crippen LogP contribution < -0.4 is 30.5 Å². The number of halogens is 1. The molecule has 6 aromatic carbocycles. The van der Waals surface area contributed by atoms with Crippen LogP contribution in [0.2, 0.25) is 10.1 Å². The smallest absolute Gasteiger partial charge is 0.261 e. The highest BCUT2D eigenvalue weighted by molar-refractivity contribution is 7.35. The van der Waals surface area contributed by atoms with Gasteiger partial charge in [-0.25, -0.2) is 0 Å². The average Bonchev–Trinajstić information content (AvgIpc) is 3.33. The summed E-state index contributed by atoms with van der Waals surface area (Å²) in [6.07, 6.45) is 2.72. The second kappa shape index (κ2) is 26.9. The Hall–Kier alpha value is -5.14. The number of hydrogen-bond acceptors (Lipinski definition) is 7. The van der Waals surface area contributed by atoms with Crippen LogP contribution in [0.15, 0.2) is 170 Å². The van der Waals surface area contributed by atoms with Crippen LogP contribution in [0.1, 0.15) is 83.0 Å². The summed E-state index contributed by atoms with van der Waals surface area (Å²) in [5.74, 6) is 0. The number of aldehydes is 2. The molecular formula is C56H73ClN2O5Si2. The average molecular weight is 946 g/mol. The van der Waals surface area contributed by atoms with E-state index in [-0.39, 0.29) is 30.7 Å². The molecule has 0 heterocycles. The van der Waals surface area contributed by atoms with Crippen LogP contribution in [0.25, 0.3) is 0 Å². The molecule has 0 bridgehead atoms. The van der Waals surface area contributed by atoms with Crippen LogP contribution in [0, 0.1) is 0 Å². The molecule has 2 N–H and O–H groups in total. The van der Waals surface area contributed by atoms with Crippen LogP contribution in [-0.2, 0) is 4.43 Å². The minimum absolute atomic E-state index is 0. The summed E-state index contributed by atoms with van der Waals surface area (Å²) in [6.45, 7) is 19.3. The molecule has 6 rings (SSSR count). The van der Waals surface area contributed by atoms with Crippen LogP contribution >= 0.6 is 11.1 Å². The van der Waals surface area contributed by atoms with Crippen molar-refractivity contribution in [1.29, 1.82) is 0 Å². The molecule has 0 radical (unpaired) electrons. The van der Waals surface area contributed by atoms with Gasteiger partial charge in [-0.3, -0.25) is 9.59 Å². The highest BCUT2D eigenvalue weighted by Crippen LogP contribution is 2.39. The number of rotatable bonds is 18. The van der Waals surface area contributed by atoms with E-state index in [1.165, 1.54) is 20.7 Å². The first-order chi connectivity index (χ1) is 31.2. The van der Waals surface area contributed by atoms with Gasteiger partial charge in [0.2, 0.25) is 7.38 Å². The van der Waals surface area contributed by atoms with Crippen LogP contribution in [0.4, 0.5) is 11.4 Å². The van der Waals surface area contributed by atoms with Crippen molar-refractivity contribution in [3.8, 4) is 0 Å². The first kappa shape index (κ1) is 55.2. The third-order valence-electron chi connectivity index (χ3n) is 11.5. The van der Waals surface area contributed by atoms with Gasteiger partial charge in [-0.15, -0.1) is 0 Å². The van der Waals surface area contributed by atoms with Crippen molar-refractivity contribution in [3.63, 3.8) is 0 Å². The summed E-state index contributed by atoms with van der Waals surface area (Å²) < 4.78 is 7.05. The van der Waals surface area contributed by atoms with Gasteiger partial charge in [0.15, 0.2) is 0 Å². The van der Waals surface area contributed by atoms with Gasteiger partial charge in [0.05, 0.1) is 19.8 Å². The van der Waals surface area contributed by atoms with Gasteiger partial charge in [0.1, 0.15) is 12.6 Å². The zero-order valence-electron chi connectivity index (χ0n) is 39.4. The molecule has 0 aliphatic carbocycles. The van der Waals surface area contributed by atoms with E-state index >= 15 is 0 Å². The Morgan fingerprint density at radius 3 is 1.12 bits per heavy atom. The topological polar surface area (TPSA) is 90.3 Å². The Labute approximate surface area is 402 Å². The summed E-state index contributed by atoms with van der Waals surface area (Å²) >= 11 is 7.21. The zero-order chi connectivity index (χ0) is 47.4. The summed E-state index contributed by atoms with van der Waals surface area (Å²) in [6, 6.07) is 57.4. The lowest BCUT2D eigenvalue weighted by atomic mass is 10.2. The van der Waals surface area contributed by atoms with Gasteiger partial charge in [0, 0.05) is 48.7 Å². The van der Waals surface area contributed by atoms with Gasteiger partial charge in [-0.05, 0) is 85.8 Å². The fraction of sp³-hybridized carbons (Fsp3) is 0.321. The van der Waals surface area contributed by atoms with E-state index in [0.717, 1.165) is 43.5 Å². The normalized spacial score (nSPS) is 11.4. The largest absolute Gasteiger partial charge is 0.406 e. The van der Waals surface area contributed by atoms with Crippen molar-refractivity contribution < 1.29 is 24.2 Å². The van der Waals surface area contributed by atoms with E-state index in [1.807, 2.05) is 41.3 Å². The number of nitrogens with zero attached hydrogens (tertiary/aromatic N) is 2. The molecule has 352 valence electrons. The Balaban J connectivity index is 0.000000287. The van der Waals surface area contributed by atoms with Crippen molar-refractivity contribution >= 4 is 71.5 Å². The number of anilines is 2. The van der Waals surface area contributed by atoms with E-state index in [0.29, 0.717) is 30.8 Å². The summed E-state index contributed by atoms with van der Waals surface area (Å²) in [7, 11) is -4.76. The number of aliphatic hydroxyl groups excluding tert-OH is 2. The van der Waals surface area contributed by atoms with Crippen molar-refractivity contribution in [2.24, 2.45) is 0 Å². The molecule has 0 fully saturated rings. The van der Waals surface area contributed by atoms with Gasteiger partial charge < -0.3 is 24.4 Å². The quantitative estimate of drug-likeness (QED) is 0.0504. The number of benzene rings is 6. The fourth-order valence-electron chi connectivity index (χ4n) is 8.22. The molecule has 0 aliphatic heterocycles. The first-order valence-corrected chi connectivity index (χ1v) is 27.5. The van der Waals surface area contributed by atoms with E-state index < -0.39 is 15.7 Å². The molecule has 6 aromatic rings. The molecule has 7 nitrogen and oxygen atoms in total. The number of aliphatic hydroxyl groups is 2. The van der Waals surface area contributed by atoms with Crippen LogP contribution in [-0.4, -0.2) is 84.5 Å². The minimum atomic E-state index is -2.53. The Morgan fingerprint density at radius 2 is 0.833 bits per heavy atom. The Morgan fingerprint density at radius 1 is 0.500 bits per heavy atom. The SMILES string of the molecule is C.CC(C)(C)[Si](Cl)(c1ccccc1)c1ccccc1.CCCN(CCO[Si](c1ccccc1)(c1ccccc1)C(C)(C)C)c1ccc(C=O)cc1.O=Cc1ccc(N(CCO)CCO)cc1. The van der Waals surface area contributed by atoms with Gasteiger partial charge in [0.25, 0.3) is 8.32 Å². The maximum Gasteiger partial charge on any atom is 0.261 e. The number of carbonyl (C=O) groups is 2. The second-order valence-corrected chi connectivity index (χ2v) is 28.0. The number of hydrogen-bond donors (Lipinski definition) is 2.